The molecule has 2 aliphatic heterocycles. The summed E-state index contributed by atoms with van der Waals surface area (Å²) in [6, 6.07) is 12.6. The Kier molecular flexibility index (Phi) is 9.09. The number of allylic oxidation sites excluding steroid dienone is 1. The smallest absolute Gasteiger partial charge is 0.309 e. The van der Waals surface area contributed by atoms with Crippen molar-refractivity contribution >= 4 is 5.97 Å². The highest BCUT2D eigenvalue weighted by Gasteiger charge is 2.47. The van der Waals surface area contributed by atoms with Crippen molar-refractivity contribution in [3.05, 3.63) is 65.0 Å². The third-order valence-corrected chi connectivity index (χ3v) is 7.56. The van der Waals surface area contributed by atoms with Gasteiger partial charge >= 0.3 is 5.97 Å². The Labute approximate surface area is 219 Å². The van der Waals surface area contributed by atoms with E-state index in [1.165, 1.54) is 0 Å². The summed E-state index contributed by atoms with van der Waals surface area (Å²) in [5, 5.41) is 10.5. The van der Waals surface area contributed by atoms with Gasteiger partial charge in [0.1, 0.15) is 11.6 Å². The van der Waals surface area contributed by atoms with Crippen molar-refractivity contribution in [2.24, 2.45) is 5.92 Å². The highest BCUT2D eigenvalue weighted by molar-refractivity contribution is 5.74. The molecule has 0 bridgehead atoms. The van der Waals surface area contributed by atoms with Gasteiger partial charge < -0.3 is 19.3 Å². The van der Waals surface area contributed by atoms with Crippen molar-refractivity contribution in [3.8, 4) is 17.2 Å². The average Bonchev–Trinajstić information content (AvgIpc) is 3.53. The number of unbranched alkanes of at least 4 members (excludes halogenated alkanes) is 2. The lowest BCUT2D eigenvalue weighted by molar-refractivity contribution is -0.143. The summed E-state index contributed by atoms with van der Waals surface area (Å²) in [6.07, 6.45) is 5.41. The lowest BCUT2D eigenvalue weighted by atomic mass is 9.82. The number of carboxylic acid groups (broad SMARTS) is 1. The Morgan fingerprint density at radius 3 is 2.30 bits per heavy atom. The molecule has 1 N–H and O–H groups in total. The predicted molar refractivity (Wildman–Crippen MR) is 141 cm³/mol. The van der Waals surface area contributed by atoms with Crippen molar-refractivity contribution in [2.75, 3.05) is 27.0 Å². The van der Waals surface area contributed by atoms with Crippen LogP contribution in [-0.4, -0.2) is 43.0 Å². The molecule has 4 rings (SSSR count). The Hall–Kier alpha value is -3.06. The van der Waals surface area contributed by atoms with Gasteiger partial charge in [0.2, 0.25) is 6.79 Å². The number of aliphatic carboxylic acids is 1. The van der Waals surface area contributed by atoms with E-state index in [1.54, 1.807) is 7.11 Å². The minimum absolute atomic E-state index is 0.101. The van der Waals surface area contributed by atoms with Crippen molar-refractivity contribution < 1.29 is 28.5 Å². The van der Waals surface area contributed by atoms with Crippen LogP contribution in [0.5, 0.6) is 17.2 Å². The number of nitrogens with zero attached hydrogens (tertiary/aromatic N) is 1. The van der Waals surface area contributed by atoms with Gasteiger partial charge in [-0.05, 0) is 66.6 Å². The molecule has 37 heavy (non-hydrogen) atoms. The van der Waals surface area contributed by atoms with Crippen molar-refractivity contribution in [3.63, 3.8) is 0 Å². The number of halogens is 1. The summed E-state index contributed by atoms with van der Waals surface area (Å²) in [5.74, 6) is -0.127. The van der Waals surface area contributed by atoms with Crippen LogP contribution in [0.4, 0.5) is 4.39 Å². The highest BCUT2D eigenvalue weighted by atomic mass is 19.1. The Balaban J connectivity index is 1.72. The van der Waals surface area contributed by atoms with E-state index in [0.717, 1.165) is 55.2 Å². The third-order valence-electron chi connectivity index (χ3n) is 7.56. The number of likely N-dealkylation sites (tertiary alicyclic amines) is 1. The molecule has 7 heteroatoms. The summed E-state index contributed by atoms with van der Waals surface area (Å²) in [7, 11) is 1.60. The van der Waals surface area contributed by atoms with Crippen LogP contribution in [0.15, 0.2) is 53.9 Å². The first-order chi connectivity index (χ1) is 18.0. The van der Waals surface area contributed by atoms with Crippen LogP contribution in [0.25, 0.3) is 0 Å². The number of carboxylic acids is 1. The number of fused-ring (bicyclic) bond motifs is 1. The fourth-order valence-electron chi connectivity index (χ4n) is 5.54. The largest absolute Gasteiger partial charge is 0.497 e. The molecule has 2 heterocycles. The summed E-state index contributed by atoms with van der Waals surface area (Å²) in [4.78, 5) is 14.8. The average molecular weight is 512 g/mol. The summed E-state index contributed by atoms with van der Waals surface area (Å²) < 4.78 is 32.2. The third kappa shape index (κ3) is 6.09. The molecule has 0 amide bonds. The molecule has 2 aromatic carbocycles. The van der Waals surface area contributed by atoms with Crippen molar-refractivity contribution in [2.45, 2.75) is 64.3 Å². The van der Waals surface area contributed by atoms with Gasteiger partial charge in [-0.15, -0.1) is 0 Å². The number of benzene rings is 2. The molecule has 6 nitrogen and oxygen atoms in total. The maximum absolute atomic E-state index is 15.8. The Morgan fingerprint density at radius 2 is 1.68 bits per heavy atom. The second-order valence-electron chi connectivity index (χ2n) is 9.95. The lowest BCUT2D eigenvalue weighted by Gasteiger charge is -2.27. The fraction of sp³-hybridized carbons (Fsp3) is 0.500. The predicted octanol–water partition coefficient (Wildman–Crippen LogP) is 6.87. The van der Waals surface area contributed by atoms with E-state index in [2.05, 4.69) is 13.8 Å². The molecule has 2 aliphatic rings. The quantitative estimate of drug-likeness (QED) is 0.335. The molecule has 2 aromatic rings. The first-order valence-corrected chi connectivity index (χ1v) is 13.3. The zero-order valence-corrected chi connectivity index (χ0v) is 22.0. The number of hydrogen-bond acceptors (Lipinski definition) is 5. The molecule has 200 valence electrons. The molecule has 0 unspecified atom stereocenters. The first-order valence-electron chi connectivity index (χ1n) is 13.3. The number of ether oxygens (including phenoxy) is 3. The van der Waals surface area contributed by atoms with Crippen LogP contribution in [0.1, 0.15) is 75.5 Å². The van der Waals surface area contributed by atoms with Gasteiger partial charge in [-0.3, -0.25) is 9.69 Å². The van der Waals surface area contributed by atoms with E-state index in [-0.39, 0.29) is 25.1 Å². The van der Waals surface area contributed by atoms with E-state index in [9.17, 15) is 9.90 Å². The second-order valence-corrected chi connectivity index (χ2v) is 9.95. The van der Waals surface area contributed by atoms with E-state index in [0.29, 0.717) is 23.8 Å². The van der Waals surface area contributed by atoms with E-state index in [1.807, 2.05) is 47.4 Å². The van der Waals surface area contributed by atoms with Crippen molar-refractivity contribution in [1.29, 1.82) is 0 Å². The number of methoxy groups -OCH3 is 1. The molecular weight excluding hydrogens is 473 g/mol. The standard InChI is InChI=1S/C30H38FNO5/c1-4-6-8-20(9-7-5-2)25(31)18-32-17-24(22-12-15-26-27(16-22)37-19-36-26)28(30(33)34)29(32)21-10-13-23(35-3)14-11-21/h10-16,24,28-29H,4-9,17-19H2,1-3H3,(H,33,34)/t24-,28+,29-/m1/s1. The van der Waals surface area contributed by atoms with Gasteiger partial charge in [0, 0.05) is 18.5 Å². The summed E-state index contributed by atoms with van der Waals surface area (Å²) >= 11 is 0. The SMILES string of the molecule is CCCCC(CCCC)=C(F)CN1C[C@H](c2ccc3c(c2)OCO3)[C@H](C(=O)O)[C@H]1c1ccc(OC)cc1. The molecular formula is C30H38FNO5. The van der Waals surface area contributed by atoms with Crippen LogP contribution in [0.3, 0.4) is 0 Å². The van der Waals surface area contributed by atoms with Crippen LogP contribution in [0.2, 0.25) is 0 Å². The molecule has 0 aromatic heterocycles. The Morgan fingerprint density at radius 1 is 1.03 bits per heavy atom. The van der Waals surface area contributed by atoms with Gasteiger partial charge in [0.25, 0.3) is 0 Å². The molecule has 0 saturated carbocycles. The van der Waals surface area contributed by atoms with Crippen molar-refractivity contribution in [1.82, 2.24) is 4.90 Å². The molecule has 0 spiro atoms. The molecule has 0 radical (unpaired) electrons. The zero-order valence-electron chi connectivity index (χ0n) is 22.0. The Bertz CT molecular complexity index is 1090. The van der Waals surface area contributed by atoms with Crippen LogP contribution in [0, 0.1) is 5.92 Å². The maximum atomic E-state index is 15.8. The van der Waals surface area contributed by atoms with Gasteiger partial charge in [-0.25, -0.2) is 4.39 Å². The van der Waals surface area contributed by atoms with Crippen LogP contribution >= 0.6 is 0 Å². The first kappa shape index (κ1) is 27.0. The molecule has 3 atom stereocenters. The summed E-state index contributed by atoms with van der Waals surface area (Å²) in [6.45, 7) is 4.91. The zero-order chi connectivity index (χ0) is 26.4. The van der Waals surface area contributed by atoms with Gasteiger partial charge in [-0.2, -0.15) is 0 Å². The molecule has 1 saturated heterocycles. The normalized spacial score (nSPS) is 20.7. The van der Waals surface area contributed by atoms with Gasteiger partial charge in [0.15, 0.2) is 11.5 Å². The second kappa shape index (κ2) is 12.5. The van der Waals surface area contributed by atoms with Gasteiger partial charge in [0.05, 0.1) is 19.6 Å². The van der Waals surface area contributed by atoms with Gasteiger partial charge in [-0.1, -0.05) is 44.9 Å². The van der Waals surface area contributed by atoms with E-state index >= 15 is 4.39 Å². The van der Waals surface area contributed by atoms with Crippen LogP contribution in [-0.2, 0) is 4.79 Å². The number of hydrogen-bond donors (Lipinski definition) is 1. The maximum Gasteiger partial charge on any atom is 0.309 e. The highest BCUT2D eigenvalue weighted by Crippen LogP contribution is 2.48. The summed E-state index contributed by atoms with van der Waals surface area (Å²) in [5.41, 5.74) is 2.57. The minimum Gasteiger partial charge on any atom is -0.497 e. The van der Waals surface area contributed by atoms with Crippen LogP contribution < -0.4 is 14.2 Å². The van der Waals surface area contributed by atoms with E-state index < -0.39 is 17.9 Å². The topological polar surface area (TPSA) is 68.2 Å². The van der Waals surface area contributed by atoms with E-state index in [4.69, 9.17) is 14.2 Å². The molecule has 0 aliphatic carbocycles. The minimum atomic E-state index is -0.896. The monoisotopic (exact) mass is 511 g/mol. The number of rotatable bonds is 12. The lowest BCUT2D eigenvalue weighted by Crippen LogP contribution is -2.30. The number of carbonyl (C=O) groups is 1. The molecule has 1 fully saturated rings. The fourth-order valence-corrected chi connectivity index (χ4v) is 5.54.